The molecule has 132 valence electrons. The minimum atomic E-state index is 0.0589. The molecule has 25 heavy (non-hydrogen) atoms. The SMILES string of the molecule is Cc1ccc(-c2ccc(N3CCN(C(=O)C(C)C)CC3)nn2)cc1C. The molecule has 1 aromatic heterocycles. The molecule has 0 bridgehead atoms. The lowest BCUT2D eigenvalue weighted by molar-refractivity contribution is -0.134. The zero-order valence-corrected chi connectivity index (χ0v) is 15.5. The van der Waals surface area contributed by atoms with Crippen LogP contribution >= 0.6 is 0 Å². The van der Waals surface area contributed by atoms with E-state index in [4.69, 9.17) is 0 Å². The van der Waals surface area contributed by atoms with Gasteiger partial charge in [-0.1, -0.05) is 26.0 Å². The number of carbonyl (C=O) groups is 1. The number of aromatic nitrogens is 2. The van der Waals surface area contributed by atoms with Gasteiger partial charge in [0.05, 0.1) is 5.69 Å². The molecule has 2 heterocycles. The Balaban J connectivity index is 1.67. The number of hydrogen-bond donors (Lipinski definition) is 0. The Kier molecular flexibility index (Phi) is 5.02. The van der Waals surface area contributed by atoms with Crippen molar-refractivity contribution >= 4 is 11.7 Å². The van der Waals surface area contributed by atoms with Crippen LogP contribution in [0.1, 0.15) is 25.0 Å². The van der Waals surface area contributed by atoms with Crippen molar-refractivity contribution in [3.8, 4) is 11.3 Å². The topological polar surface area (TPSA) is 49.3 Å². The fourth-order valence-corrected chi connectivity index (χ4v) is 3.07. The number of amides is 1. The third-order valence-corrected chi connectivity index (χ3v) is 4.86. The predicted molar refractivity (Wildman–Crippen MR) is 101 cm³/mol. The maximum atomic E-state index is 12.1. The van der Waals surface area contributed by atoms with Crippen molar-refractivity contribution in [1.82, 2.24) is 15.1 Å². The van der Waals surface area contributed by atoms with Gasteiger partial charge in [0.2, 0.25) is 5.91 Å². The van der Waals surface area contributed by atoms with Crippen molar-refractivity contribution in [1.29, 1.82) is 0 Å². The van der Waals surface area contributed by atoms with Crippen LogP contribution in [0.25, 0.3) is 11.3 Å². The lowest BCUT2D eigenvalue weighted by Gasteiger charge is -2.36. The highest BCUT2D eigenvalue weighted by Gasteiger charge is 2.23. The molecule has 1 saturated heterocycles. The normalized spacial score (nSPS) is 14.9. The van der Waals surface area contributed by atoms with Crippen LogP contribution in [-0.2, 0) is 4.79 Å². The van der Waals surface area contributed by atoms with Gasteiger partial charge in [-0.3, -0.25) is 4.79 Å². The number of anilines is 1. The van der Waals surface area contributed by atoms with E-state index >= 15 is 0 Å². The molecule has 1 aromatic carbocycles. The molecule has 3 rings (SSSR count). The Morgan fingerprint density at radius 3 is 2.24 bits per heavy atom. The Labute approximate surface area is 149 Å². The summed E-state index contributed by atoms with van der Waals surface area (Å²) in [5.74, 6) is 1.17. The maximum absolute atomic E-state index is 12.1. The van der Waals surface area contributed by atoms with Gasteiger partial charge in [-0.05, 0) is 43.2 Å². The maximum Gasteiger partial charge on any atom is 0.225 e. The van der Waals surface area contributed by atoms with Gasteiger partial charge in [-0.25, -0.2) is 0 Å². The van der Waals surface area contributed by atoms with Crippen molar-refractivity contribution in [2.75, 3.05) is 31.1 Å². The number of rotatable bonds is 3. The van der Waals surface area contributed by atoms with Gasteiger partial charge in [0.25, 0.3) is 0 Å². The van der Waals surface area contributed by atoms with E-state index in [1.807, 2.05) is 30.9 Å². The largest absolute Gasteiger partial charge is 0.352 e. The van der Waals surface area contributed by atoms with E-state index in [9.17, 15) is 4.79 Å². The third-order valence-electron chi connectivity index (χ3n) is 4.86. The Morgan fingerprint density at radius 2 is 1.68 bits per heavy atom. The van der Waals surface area contributed by atoms with Crippen molar-refractivity contribution in [3.63, 3.8) is 0 Å². The number of nitrogens with zero attached hydrogens (tertiary/aromatic N) is 4. The molecule has 0 saturated carbocycles. The van der Waals surface area contributed by atoms with E-state index in [-0.39, 0.29) is 11.8 Å². The number of aryl methyl sites for hydroxylation is 2. The van der Waals surface area contributed by atoms with Crippen LogP contribution in [0, 0.1) is 19.8 Å². The van der Waals surface area contributed by atoms with E-state index in [1.54, 1.807) is 0 Å². The van der Waals surface area contributed by atoms with Gasteiger partial charge in [-0.15, -0.1) is 10.2 Å². The lowest BCUT2D eigenvalue weighted by atomic mass is 10.0. The molecule has 1 fully saturated rings. The Hall–Kier alpha value is -2.43. The quantitative estimate of drug-likeness (QED) is 0.863. The molecule has 0 radical (unpaired) electrons. The fourth-order valence-electron chi connectivity index (χ4n) is 3.07. The fraction of sp³-hybridized carbons (Fsp3) is 0.450. The van der Waals surface area contributed by atoms with Crippen molar-refractivity contribution in [2.45, 2.75) is 27.7 Å². The first-order valence-electron chi connectivity index (χ1n) is 8.91. The molecule has 5 heteroatoms. The van der Waals surface area contributed by atoms with E-state index in [0.717, 1.165) is 43.3 Å². The van der Waals surface area contributed by atoms with Crippen molar-refractivity contribution < 1.29 is 4.79 Å². The monoisotopic (exact) mass is 338 g/mol. The van der Waals surface area contributed by atoms with Crippen molar-refractivity contribution in [2.24, 2.45) is 5.92 Å². The average Bonchev–Trinajstić information content (AvgIpc) is 2.63. The first-order valence-corrected chi connectivity index (χ1v) is 8.91. The summed E-state index contributed by atoms with van der Waals surface area (Å²) >= 11 is 0. The molecule has 1 aliphatic rings. The summed E-state index contributed by atoms with van der Waals surface area (Å²) in [4.78, 5) is 16.2. The standard InChI is InChI=1S/C20H26N4O/c1-14(2)20(25)24-11-9-23(10-12-24)19-8-7-18(21-22-19)17-6-5-15(3)16(4)13-17/h5-8,13-14H,9-12H2,1-4H3. The molecule has 1 amide bonds. The number of hydrogen-bond acceptors (Lipinski definition) is 4. The summed E-state index contributed by atoms with van der Waals surface area (Å²) in [5.41, 5.74) is 4.52. The Morgan fingerprint density at radius 1 is 0.960 bits per heavy atom. The van der Waals surface area contributed by atoms with Crippen LogP contribution in [-0.4, -0.2) is 47.2 Å². The van der Waals surface area contributed by atoms with Gasteiger partial charge in [-0.2, -0.15) is 0 Å². The first kappa shape index (κ1) is 17.4. The zero-order chi connectivity index (χ0) is 18.0. The van der Waals surface area contributed by atoms with Gasteiger partial charge >= 0.3 is 0 Å². The van der Waals surface area contributed by atoms with Crippen LogP contribution in [0.3, 0.4) is 0 Å². The summed E-state index contributed by atoms with van der Waals surface area (Å²) in [5, 5.41) is 8.81. The highest BCUT2D eigenvalue weighted by molar-refractivity contribution is 5.78. The number of benzene rings is 1. The van der Waals surface area contributed by atoms with E-state index < -0.39 is 0 Å². The second-order valence-electron chi connectivity index (χ2n) is 7.04. The van der Waals surface area contributed by atoms with E-state index in [2.05, 4.69) is 47.1 Å². The number of carbonyl (C=O) groups excluding carboxylic acids is 1. The molecule has 5 nitrogen and oxygen atoms in total. The average molecular weight is 338 g/mol. The van der Waals surface area contributed by atoms with Crippen LogP contribution in [0.4, 0.5) is 5.82 Å². The molecule has 0 spiro atoms. The molecular weight excluding hydrogens is 312 g/mol. The lowest BCUT2D eigenvalue weighted by Crippen LogP contribution is -2.50. The summed E-state index contributed by atoms with van der Waals surface area (Å²) in [6.45, 7) is 11.2. The third kappa shape index (κ3) is 3.81. The van der Waals surface area contributed by atoms with Gasteiger partial charge in [0.1, 0.15) is 0 Å². The highest BCUT2D eigenvalue weighted by Crippen LogP contribution is 2.22. The zero-order valence-electron chi connectivity index (χ0n) is 15.5. The molecule has 2 aromatic rings. The second kappa shape index (κ2) is 7.21. The molecule has 0 aliphatic carbocycles. The predicted octanol–water partition coefficient (Wildman–Crippen LogP) is 3.07. The molecule has 0 N–H and O–H groups in total. The highest BCUT2D eigenvalue weighted by atomic mass is 16.2. The van der Waals surface area contributed by atoms with Crippen LogP contribution < -0.4 is 4.90 Å². The molecule has 0 unspecified atom stereocenters. The van der Waals surface area contributed by atoms with Crippen LogP contribution in [0.15, 0.2) is 30.3 Å². The second-order valence-corrected chi connectivity index (χ2v) is 7.04. The first-order chi connectivity index (χ1) is 12.0. The van der Waals surface area contributed by atoms with Gasteiger partial charge in [0, 0.05) is 37.7 Å². The van der Waals surface area contributed by atoms with Gasteiger partial charge < -0.3 is 9.80 Å². The van der Waals surface area contributed by atoms with Crippen molar-refractivity contribution in [3.05, 3.63) is 41.5 Å². The van der Waals surface area contributed by atoms with Crippen LogP contribution in [0.5, 0.6) is 0 Å². The summed E-state index contributed by atoms with van der Waals surface area (Å²) in [6.07, 6.45) is 0. The summed E-state index contributed by atoms with van der Waals surface area (Å²) in [7, 11) is 0. The number of piperazine rings is 1. The van der Waals surface area contributed by atoms with Crippen LogP contribution in [0.2, 0.25) is 0 Å². The van der Waals surface area contributed by atoms with E-state index in [1.165, 1.54) is 11.1 Å². The van der Waals surface area contributed by atoms with E-state index in [0.29, 0.717) is 0 Å². The molecule has 1 aliphatic heterocycles. The summed E-state index contributed by atoms with van der Waals surface area (Å²) < 4.78 is 0. The Bertz CT molecular complexity index is 747. The van der Waals surface area contributed by atoms with Gasteiger partial charge in [0.15, 0.2) is 5.82 Å². The molecule has 0 atom stereocenters. The minimum absolute atomic E-state index is 0.0589. The summed E-state index contributed by atoms with van der Waals surface area (Å²) in [6, 6.07) is 10.4. The smallest absolute Gasteiger partial charge is 0.225 e. The minimum Gasteiger partial charge on any atom is -0.352 e. The molecular formula is C20H26N4O.